The van der Waals surface area contributed by atoms with Crippen molar-refractivity contribution in [2.24, 2.45) is 5.73 Å². The Morgan fingerprint density at radius 1 is 0.895 bits per heavy atom. The van der Waals surface area contributed by atoms with Crippen molar-refractivity contribution < 1.29 is 0 Å². The van der Waals surface area contributed by atoms with E-state index in [1.54, 1.807) is 0 Å². The van der Waals surface area contributed by atoms with E-state index in [9.17, 15) is 0 Å². The predicted molar refractivity (Wildman–Crippen MR) is 82.3 cm³/mol. The van der Waals surface area contributed by atoms with Gasteiger partial charge in [-0.1, -0.05) is 69.3 Å². The van der Waals surface area contributed by atoms with Crippen molar-refractivity contribution in [1.29, 1.82) is 0 Å². The molecule has 0 heterocycles. The first-order valence-corrected chi connectivity index (χ1v) is 6.87. The van der Waals surface area contributed by atoms with Gasteiger partial charge in [-0.2, -0.15) is 0 Å². The van der Waals surface area contributed by atoms with E-state index in [0.717, 1.165) is 6.42 Å². The number of hydrogen-bond donors (Lipinski definition) is 1. The van der Waals surface area contributed by atoms with Crippen LogP contribution in [0.15, 0.2) is 48.5 Å². The van der Waals surface area contributed by atoms with Gasteiger partial charge < -0.3 is 5.73 Å². The van der Waals surface area contributed by atoms with Crippen molar-refractivity contribution in [2.45, 2.75) is 39.2 Å². The third-order valence-corrected chi connectivity index (χ3v) is 3.45. The molecule has 0 aliphatic rings. The van der Waals surface area contributed by atoms with Crippen LogP contribution in [-0.2, 0) is 18.4 Å². The van der Waals surface area contributed by atoms with Gasteiger partial charge in [-0.05, 0) is 34.1 Å². The largest absolute Gasteiger partial charge is 0.326 e. The zero-order valence-corrected chi connectivity index (χ0v) is 12.1. The molecule has 100 valence electrons. The Hall–Kier alpha value is -1.60. The Balaban J connectivity index is 2.41. The van der Waals surface area contributed by atoms with E-state index in [0.29, 0.717) is 6.54 Å². The van der Waals surface area contributed by atoms with Crippen molar-refractivity contribution in [2.75, 3.05) is 0 Å². The maximum absolute atomic E-state index is 5.77. The lowest BCUT2D eigenvalue weighted by atomic mass is 9.81. The zero-order chi connectivity index (χ0) is 13.9. The number of rotatable bonds is 3. The third kappa shape index (κ3) is 3.45. The first kappa shape index (κ1) is 13.8. The summed E-state index contributed by atoms with van der Waals surface area (Å²) in [6.45, 7) is 7.39. The second-order valence-corrected chi connectivity index (χ2v) is 6.11. The van der Waals surface area contributed by atoms with Crippen LogP contribution in [0.4, 0.5) is 0 Å². The van der Waals surface area contributed by atoms with Crippen LogP contribution in [0, 0.1) is 0 Å². The second-order valence-electron chi connectivity index (χ2n) is 6.11. The molecule has 2 rings (SSSR count). The highest BCUT2D eigenvalue weighted by atomic mass is 14.5. The summed E-state index contributed by atoms with van der Waals surface area (Å²) in [4.78, 5) is 0. The number of nitrogens with two attached hydrogens (primary N) is 1. The van der Waals surface area contributed by atoms with E-state index < -0.39 is 0 Å². The van der Waals surface area contributed by atoms with Gasteiger partial charge in [0, 0.05) is 6.54 Å². The van der Waals surface area contributed by atoms with Crippen LogP contribution in [0.25, 0.3) is 0 Å². The summed E-state index contributed by atoms with van der Waals surface area (Å²) in [5, 5.41) is 0. The van der Waals surface area contributed by atoms with Gasteiger partial charge >= 0.3 is 0 Å². The smallest absolute Gasteiger partial charge is 0.0178 e. The molecule has 0 atom stereocenters. The van der Waals surface area contributed by atoms with Gasteiger partial charge in [-0.25, -0.2) is 0 Å². The minimum Gasteiger partial charge on any atom is -0.326 e. The van der Waals surface area contributed by atoms with E-state index in [1.807, 2.05) is 0 Å². The Kier molecular flexibility index (Phi) is 4.06. The molecule has 2 N–H and O–H groups in total. The quantitative estimate of drug-likeness (QED) is 0.878. The van der Waals surface area contributed by atoms with Gasteiger partial charge in [-0.15, -0.1) is 0 Å². The number of hydrogen-bond acceptors (Lipinski definition) is 1. The minimum absolute atomic E-state index is 0.164. The van der Waals surface area contributed by atoms with Gasteiger partial charge in [0.2, 0.25) is 0 Å². The maximum Gasteiger partial charge on any atom is 0.0178 e. The summed E-state index contributed by atoms with van der Waals surface area (Å²) in [6, 6.07) is 17.3. The summed E-state index contributed by atoms with van der Waals surface area (Å²) in [7, 11) is 0. The van der Waals surface area contributed by atoms with E-state index in [2.05, 4.69) is 69.3 Å². The molecule has 1 nitrogen and oxygen atoms in total. The molecule has 2 aromatic rings. The summed E-state index contributed by atoms with van der Waals surface area (Å²) in [5.74, 6) is 0. The van der Waals surface area contributed by atoms with Crippen LogP contribution in [0.1, 0.15) is 43.0 Å². The average molecular weight is 253 g/mol. The summed E-state index contributed by atoms with van der Waals surface area (Å²) < 4.78 is 0. The van der Waals surface area contributed by atoms with Crippen molar-refractivity contribution in [3.63, 3.8) is 0 Å². The topological polar surface area (TPSA) is 26.0 Å². The summed E-state index contributed by atoms with van der Waals surface area (Å²) in [6.07, 6.45) is 0.973. The molecule has 0 saturated carbocycles. The standard InChI is InChI=1S/C18H23N/c1-18(2,3)17-10-9-15(13-19)12-16(17)11-14-7-5-4-6-8-14/h4-10,12H,11,13,19H2,1-3H3. The lowest BCUT2D eigenvalue weighted by molar-refractivity contribution is 0.583. The van der Waals surface area contributed by atoms with Crippen molar-refractivity contribution in [3.8, 4) is 0 Å². The molecule has 0 saturated heterocycles. The molecular formula is C18H23N. The van der Waals surface area contributed by atoms with Crippen molar-refractivity contribution in [3.05, 3.63) is 70.8 Å². The fraction of sp³-hybridized carbons (Fsp3) is 0.333. The monoisotopic (exact) mass is 253 g/mol. The van der Waals surface area contributed by atoms with E-state index in [4.69, 9.17) is 5.73 Å². The highest BCUT2D eigenvalue weighted by Crippen LogP contribution is 2.28. The first-order chi connectivity index (χ1) is 9.00. The first-order valence-electron chi connectivity index (χ1n) is 6.87. The molecule has 0 aliphatic heterocycles. The average Bonchev–Trinajstić information content (AvgIpc) is 2.38. The highest BCUT2D eigenvalue weighted by molar-refractivity contribution is 5.39. The fourth-order valence-corrected chi connectivity index (χ4v) is 2.47. The SMILES string of the molecule is CC(C)(C)c1ccc(CN)cc1Cc1ccccc1. The number of benzene rings is 2. The molecule has 1 heteroatoms. The Morgan fingerprint density at radius 2 is 1.58 bits per heavy atom. The van der Waals surface area contributed by atoms with Crippen molar-refractivity contribution >= 4 is 0 Å². The fourth-order valence-electron chi connectivity index (χ4n) is 2.47. The van der Waals surface area contributed by atoms with Crippen molar-refractivity contribution in [1.82, 2.24) is 0 Å². The van der Waals surface area contributed by atoms with Gasteiger partial charge in [0.15, 0.2) is 0 Å². The minimum atomic E-state index is 0.164. The molecule has 0 unspecified atom stereocenters. The summed E-state index contributed by atoms with van der Waals surface area (Å²) in [5.41, 5.74) is 11.3. The molecule has 0 radical (unpaired) electrons. The third-order valence-electron chi connectivity index (χ3n) is 3.45. The zero-order valence-electron chi connectivity index (χ0n) is 12.1. The highest BCUT2D eigenvalue weighted by Gasteiger charge is 2.18. The van der Waals surface area contributed by atoms with E-state index >= 15 is 0 Å². The van der Waals surface area contributed by atoms with Crippen LogP contribution in [0.2, 0.25) is 0 Å². The molecule has 0 aliphatic carbocycles. The molecule has 0 bridgehead atoms. The Bertz CT molecular complexity index is 535. The molecular weight excluding hydrogens is 230 g/mol. The molecule has 0 aromatic heterocycles. The summed E-state index contributed by atoms with van der Waals surface area (Å²) >= 11 is 0. The van der Waals surface area contributed by atoms with Gasteiger partial charge in [0.05, 0.1) is 0 Å². The van der Waals surface area contributed by atoms with Gasteiger partial charge in [0.25, 0.3) is 0 Å². The van der Waals surface area contributed by atoms with Gasteiger partial charge in [0.1, 0.15) is 0 Å². The van der Waals surface area contributed by atoms with E-state index in [-0.39, 0.29) is 5.41 Å². The molecule has 0 amide bonds. The van der Waals surface area contributed by atoms with Crippen LogP contribution in [0.5, 0.6) is 0 Å². The van der Waals surface area contributed by atoms with E-state index in [1.165, 1.54) is 22.3 Å². The normalized spacial score (nSPS) is 11.6. The molecule has 2 aromatic carbocycles. The predicted octanol–water partition coefficient (Wildman–Crippen LogP) is 4.03. The van der Waals surface area contributed by atoms with Crippen LogP contribution < -0.4 is 5.73 Å². The van der Waals surface area contributed by atoms with Gasteiger partial charge in [-0.3, -0.25) is 0 Å². The Morgan fingerprint density at radius 3 is 2.16 bits per heavy atom. The van der Waals surface area contributed by atoms with Crippen LogP contribution >= 0.6 is 0 Å². The maximum atomic E-state index is 5.77. The molecule has 19 heavy (non-hydrogen) atoms. The second kappa shape index (κ2) is 5.58. The molecule has 0 spiro atoms. The lowest BCUT2D eigenvalue weighted by Crippen LogP contribution is -2.15. The van der Waals surface area contributed by atoms with Crippen LogP contribution in [-0.4, -0.2) is 0 Å². The molecule has 0 fully saturated rings. The Labute approximate surface area is 116 Å². The lowest BCUT2D eigenvalue weighted by Gasteiger charge is -2.24. The van der Waals surface area contributed by atoms with Crippen LogP contribution in [0.3, 0.4) is 0 Å².